The third-order valence-corrected chi connectivity index (χ3v) is 9.79. The zero-order valence-corrected chi connectivity index (χ0v) is 24.6. The number of para-hydroxylation sites is 3. The van der Waals surface area contributed by atoms with Crippen molar-refractivity contribution < 1.29 is 0 Å². The smallest absolute Gasteiger partial charge is 0.0542 e. The van der Waals surface area contributed by atoms with Crippen LogP contribution in [0.5, 0.6) is 0 Å². The summed E-state index contributed by atoms with van der Waals surface area (Å²) in [5.74, 6) is 0.206. The Balaban J connectivity index is 1.27. The van der Waals surface area contributed by atoms with Crippen LogP contribution in [0.25, 0.3) is 66.1 Å². The lowest BCUT2D eigenvalue weighted by Crippen LogP contribution is -1.99. The number of hydrogen-bond donors (Lipinski definition) is 0. The van der Waals surface area contributed by atoms with Gasteiger partial charge in [-0.1, -0.05) is 109 Å². The molecule has 0 bridgehead atoms. The number of nitrogens with zero attached hydrogens (tertiary/aromatic N) is 2. The quantitative estimate of drug-likeness (QED) is 0.199. The lowest BCUT2D eigenvalue weighted by Gasteiger charge is -2.15. The highest BCUT2D eigenvalue weighted by Crippen LogP contribution is 2.49. The number of fused-ring (bicyclic) bond motifs is 9. The SMILES string of the molecule is c1ccc(-n2c3ccc(C4c5ccccc5-c5ccccc54)cc3c3cc(-n4c5ccccc5c5ccccc54)ccc32)cc1. The van der Waals surface area contributed by atoms with E-state index in [9.17, 15) is 0 Å². The van der Waals surface area contributed by atoms with Crippen LogP contribution in [0.2, 0.25) is 0 Å². The molecule has 9 aromatic rings. The number of rotatable bonds is 3. The van der Waals surface area contributed by atoms with Crippen LogP contribution in [-0.4, -0.2) is 9.13 Å². The molecule has 0 atom stereocenters. The van der Waals surface area contributed by atoms with Crippen molar-refractivity contribution in [3.05, 3.63) is 180 Å². The fourth-order valence-electron chi connectivity index (χ4n) is 7.92. The second kappa shape index (κ2) is 9.32. The topological polar surface area (TPSA) is 9.86 Å². The van der Waals surface area contributed by atoms with Crippen molar-refractivity contribution in [1.82, 2.24) is 9.13 Å². The van der Waals surface area contributed by atoms with Crippen LogP contribution >= 0.6 is 0 Å². The number of benzene rings is 7. The molecule has 0 aliphatic heterocycles. The van der Waals surface area contributed by atoms with Gasteiger partial charge in [0, 0.05) is 38.8 Å². The first-order valence-corrected chi connectivity index (χ1v) is 15.7. The van der Waals surface area contributed by atoms with Gasteiger partial charge in [0.15, 0.2) is 0 Å². The van der Waals surface area contributed by atoms with Gasteiger partial charge in [0.05, 0.1) is 22.1 Å². The van der Waals surface area contributed by atoms with Crippen LogP contribution in [0.4, 0.5) is 0 Å². The van der Waals surface area contributed by atoms with E-state index in [1.165, 1.54) is 82.8 Å². The Labute approximate surface area is 261 Å². The Morgan fingerprint density at radius 2 is 0.822 bits per heavy atom. The largest absolute Gasteiger partial charge is 0.309 e. The highest BCUT2D eigenvalue weighted by Gasteiger charge is 2.30. The standard InChI is InChI=1S/C43H28N2/c1-2-12-29(13-3-1)44-41-24-22-28(43-35-18-6-4-14-31(35)32-15-5-7-19-36(32)43)26-37(41)38-27-30(23-25-42(38)44)45-39-20-10-8-16-33(39)34-17-9-11-21-40(34)45/h1-27,43H. The molecule has 0 N–H and O–H groups in total. The van der Waals surface area contributed by atoms with Crippen LogP contribution < -0.4 is 0 Å². The van der Waals surface area contributed by atoms with Gasteiger partial charge in [-0.05, 0) is 82.4 Å². The first-order valence-electron chi connectivity index (χ1n) is 15.7. The van der Waals surface area contributed by atoms with Crippen molar-refractivity contribution in [2.24, 2.45) is 0 Å². The molecule has 2 aromatic heterocycles. The van der Waals surface area contributed by atoms with Crippen molar-refractivity contribution in [3.8, 4) is 22.5 Å². The molecule has 0 saturated carbocycles. The minimum atomic E-state index is 0.206. The fraction of sp³-hybridized carbons (Fsp3) is 0.0233. The summed E-state index contributed by atoms with van der Waals surface area (Å²) in [6.07, 6.45) is 0. The van der Waals surface area contributed by atoms with Crippen LogP contribution in [0.3, 0.4) is 0 Å². The summed E-state index contributed by atoms with van der Waals surface area (Å²) in [5.41, 5.74) is 14.0. The van der Waals surface area contributed by atoms with Crippen LogP contribution in [0.1, 0.15) is 22.6 Å². The van der Waals surface area contributed by atoms with Crippen LogP contribution in [0.15, 0.2) is 164 Å². The van der Waals surface area contributed by atoms with E-state index in [-0.39, 0.29) is 5.92 Å². The summed E-state index contributed by atoms with van der Waals surface area (Å²) in [5, 5.41) is 5.09. The van der Waals surface area contributed by atoms with Gasteiger partial charge < -0.3 is 9.13 Å². The number of hydrogen-bond acceptors (Lipinski definition) is 0. The van der Waals surface area contributed by atoms with Gasteiger partial charge in [-0.25, -0.2) is 0 Å². The van der Waals surface area contributed by atoms with Gasteiger partial charge >= 0.3 is 0 Å². The normalized spacial score (nSPS) is 12.8. The zero-order chi connectivity index (χ0) is 29.5. The highest BCUT2D eigenvalue weighted by atomic mass is 15.0. The first-order chi connectivity index (χ1) is 22.3. The Morgan fingerprint density at radius 1 is 0.333 bits per heavy atom. The van der Waals surface area contributed by atoms with E-state index in [1.807, 2.05) is 0 Å². The Morgan fingerprint density at radius 3 is 1.49 bits per heavy atom. The Hall–Kier alpha value is -5.86. The molecule has 1 aliphatic rings. The average molecular weight is 573 g/mol. The molecule has 1 aliphatic carbocycles. The molecule has 2 nitrogen and oxygen atoms in total. The van der Waals surface area contributed by atoms with Gasteiger partial charge in [-0.3, -0.25) is 0 Å². The van der Waals surface area contributed by atoms with E-state index < -0.39 is 0 Å². The molecule has 2 heterocycles. The second-order valence-electron chi connectivity index (χ2n) is 12.1. The Bertz CT molecular complexity index is 2500. The van der Waals surface area contributed by atoms with Gasteiger partial charge in [-0.15, -0.1) is 0 Å². The third-order valence-electron chi connectivity index (χ3n) is 9.79. The van der Waals surface area contributed by atoms with E-state index in [1.54, 1.807) is 0 Å². The van der Waals surface area contributed by atoms with Gasteiger partial charge in [0.2, 0.25) is 0 Å². The van der Waals surface area contributed by atoms with Crippen molar-refractivity contribution >= 4 is 43.6 Å². The predicted molar refractivity (Wildman–Crippen MR) is 188 cm³/mol. The predicted octanol–water partition coefficient (Wildman–Crippen LogP) is 11.0. The molecule has 7 aromatic carbocycles. The minimum absolute atomic E-state index is 0.206. The zero-order valence-electron chi connectivity index (χ0n) is 24.6. The average Bonchev–Trinajstić information content (AvgIpc) is 3.74. The maximum Gasteiger partial charge on any atom is 0.0542 e. The molecule has 0 radical (unpaired) electrons. The fourth-order valence-corrected chi connectivity index (χ4v) is 7.92. The molecule has 0 spiro atoms. The summed E-state index contributed by atoms with van der Waals surface area (Å²) in [7, 11) is 0. The Kier molecular flexibility index (Phi) is 5.09. The van der Waals surface area contributed by atoms with Gasteiger partial charge in [0.25, 0.3) is 0 Å². The van der Waals surface area contributed by atoms with Crippen LogP contribution in [-0.2, 0) is 0 Å². The van der Waals surface area contributed by atoms with E-state index in [2.05, 4.69) is 173 Å². The summed E-state index contributed by atoms with van der Waals surface area (Å²) in [6.45, 7) is 0. The minimum Gasteiger partial charge on any atom is -0.309 e. The molecular weight excluding hydrogens is 544 g/mol. The van der Waals surface area contributed by atoms with Crippen LogP contribution in [0, 0.1) is 0 Å². The molecule has 0 unspecified atom stereocenters. The molecule has 10 rings (SSSR count). The van der Waals surface area contributed by atoms with Gasteiger partial charge in [0.1, 0.15) is 0 Å². The van der Waals surface area contributed by atoms with E-state index >= 15 is 0 Å². The first kappa shape index (κ1) is 24.6. The third kappa shape index (κ3) is 3.45. The molecule has 45 heavy (non-hydrogen) atoms. The summed E-state index contributed by atoms with van der Waals surface area (Å²) in [6, 6.07) is 60.2. The number of aromatic nitrogens is 2. The summed E-state index contributed by atoms with van der Waals surface area (Å²) >= 11 is 0. The van der Waals surface area contributed by atoms with Crippen molar-refractivity contribution in [3.63, 3.8) is 0 Å². The van der Waals surface area contributed by atoms with E-state index in [0.717, 1.165) is 0 Å². The van der Waals surface area contributed by atoms with E-state index in [0.29, 0.717) is 0 Å². The molecule has 0 saturated heterocycles. The lowest BCUT2D eigenvalue weighted by atomic mass is 9.88. The monoisotopic (exact) mass is 572 g/mol. The molecule has 0 fully saturated rings. The second-order valence-corrected chi connectivity index (χ2v) is 12.1. The van der Waals surface area contributed by atoms with E-state index in [4.69, 9.17) is 0 Å². The summed E-state index contributed by atoms with van der Waals surface area (Å²) in [4.78, 5) is 0. The van der Waals surface area contributed by atoms with Crippen molar-refractivity contribution in [1.29, 1.82) is 0 Å². The summed E-state index contributed by atoms with van der Waals surface area (Å²) < 4.78 is 4.84. The lowest BCUT2D eigenvalue weighted by molar-refractivity contribution is 1.02. The van der Waals surface area contributed by atoms with Crippen molar-refractivity contribution in [2.45, 2.75) is 5.92 Å². The molecule has 210 valence electrons. The molecule has 0 amide bonds. The maximum atomic E-state index is 2.45. The maximum absolute atomic E-state index is 2.45. The van der Waals surface area contributed by atoms with Gasteiger partial charge in [-0.2, -0.15) is 0 Å². The highest BCUT2D eigenvalue weighted by molar-refractivity contribution is 6.12. The molecule has 2 heteroatoms. The van der Waals surface area contributed by atoms with Crippen molar-refractivity contribution in [2.75, 3.05) is 0 Å². The molecular formula is C43H28N2.